The van der Waals surface area contributed by atoms with Crippen LogP contribution in [0.25, 0.3) is 11.3 Å². The first-order valence-corrected chi connectivity index (χ1v) is 6.72. The highest BCUT2D eigenvalue weighted by Gasteiger charge is 2.04. The molecule has 2 rings (SSSR count). The quantitative estimate of drug-likeness (QED) is 0.930. The number of hydrogen-bond donors (Lipinski definition) is 1. The van der Waals surface area contributed by atoms with Gasteiger partial charge in [-0.2, -0.15) is 0 Å². The van der Waals surface area contributed by atoms with E-state index in [9.17, 15) is 0 Å². The lowest BCUT2D eigenvalue weighted by Crippen LogP contribution is -2.11. The van der Waals surface area contributed by atoms with E-state index in [-0.39, 0.29) is 0 Å². The van der Waals surface area contributed by atoms with Gasteiger partial charge in [0.15, 0.2) is 0 Å². The van der Waals surface area contributed by atoms with Gasteiger partial charge in [-0.25, -0.2) is 0 Å². The van der Waals surface area contributed by atoms with Crippen molar-refractivity contribution < 1.29 is 0 Å². The van der Waals surface area contributed by atoms with Gasteiger partial charge in [0.2, 0.25) is 0 Å². The van der Waals surface area contributed by atoms with Gasteiger partial charge in [0, 0.05) is 16.1 Å². The summed E-state index contributed by atoms with van der Waals surface area (Å²) in [5.41, 5.74) is 3.16. The zero-order chi connectivity index (χ0) is 13.1. The molecule has 3 nitrogen and oxygen atoms in total. The third kappa shape index (κ3) is 3.07. The van der Waals surface area contributed by atoms with Crippen LogP contribution < -0.4 is 5.32 Å². The Hall–Kier alpha value is -1.42. The second-order valence-corrected chi connectivity index (χ2v) is 5.42. The summed E-state index contributed by atoms with van der Waals surface area (Å²) in [5, 5.41) is 11.6. The van der Waals surface area contributed by atoms with Crippen LogP contribution in [0.4, 0.5) is 5.82 Å². The highest BCUT2D eigenvalue weighted by atomic mass is 79.9. The van der Waals surface area contributed by atoms with E-state index >= 15 is 0 Å². The predicted octanol–water partition coefficient (Wildman–Crippen LogP) is 4.03. The topological polar surface area (TPSA) is 37.8 Å². The summed E-state index contributed by atoms with van der Waals surface area (Å²) in [4.78, 5) is 0. The summed E-state index contributed by atoms with van der Waals surface area (Å²) >= 11 is 3.53. The maximum atomic E-state index is 4.24. The lowest BCUT2D eigenvalue weighted by atomic mass is 10.1. The lowest BCUT2D eigenvalue weighted by molar-refractivity contribution is 0.874. The Kier molecular flexibility index (Phi) is 3.97. The molecule has 0 unspecified atom stereocenters. The molecule has 1 aromatic heterocycles. The minimum atomic E-state index is 0.360. The Labute approximate surface area is 116 Å². The van der Waals surface area contributed by atoms with E-state index in [0.29, 0.717) is 6.04 Å². The summed E-state index contributed by atoms with van der Waals surface area (Å²) in [5.74, 6) is 0.805. The third-order valence-electron chi connectivity index (χ3n) is 2.57. The molecule has 0 aliphatic carbocycles. The largest absolute Gasteiger partial charge is 0.366 e. The number of rotatable bonds is 3. The van der Waals surface area contributed by atoms with Gasteiger partial charge in [0.25, 0.3) is 0 Å². The van der Waals surface area contributed by atoms with Gasteiger partial charge in [-0.15, -0.1) is 10.2 Å². The molecule has 18 heavy (non-hydrogen) atoms. The van der Waals surface area contributed by atoms with E-state index in [1.807, 2.05) is 12.1 Å². The van der Waals surface area contributed by atoms with E-state index in [1.54, 1.807) is 0 Å². The molecular weight excluding hydrogens is 290 g/mol. The van der Waals surface area contributed by atoms with Crippen LogP contribution in [0.15, 0.2) is 34.8 Å². The fourth-order valence-electron chi connectivity index (χ4n) is 1.61. The Morgan fingerprint density at radius 1 is 1.11 bits per heavy atom. The van der Waals surface area contributed by atoms with Crippen molar-refractivity contribution in [2.75, 3.05) is 5.32 Å². The number of benzene rings is 1. The van der Waals surface area contributed by atoms with Gasteiger partial charge >= 0.3 is 0 Å². The fraction of sp³-hybridized carbons (Fsp3) is 0.286. The number of nitrogens with zero attached hydrogens (tertiary/aromatic N) is 2. The van der Waals surface area contributed by atoms with Crippen LogP contribution in [-0.2, 0) is 0 Å². The second-order valence-electron chi connectivity index (χ2n) is 4.57. The van der Waals surface area contributed by atoms with Crippen molar-refractivity contribution in [1.82, 2.24) is 10.2 Å². The number of aromatic nitrogens is 2. The molecule has 0 aliphatic rings. The third-order valence-corrected chi connectivity index (χ3v) is 3.42. The summed E-state index contributed by atoms with van der Waals surface area (Å²) < 4.78 is 1.09. The Balaban J connectivity index is 2.25. The van der Waals surface area contributed by atoms with E-state index in [0.717, 1.165) is 21.5 Å². The van der Waals surface area contributed by atoms with Crippen LogP contribution in [0.2, 0.25) is 0 Å². The molecule has 0 radical (unpaired) electrons. The first-order valence-electron chi connectivity index (χ1n) is 5.93. The number of nitrogens with one attached hydrogen (secondary N) is 1. The molecule has 1 N–H and O–H groups in total. The van der Waals surface area contributed by atoms with E-state index < -0.39 is 0 Å². The van der Waals surface area contributed by atoms with E-state index in [1.165, 1.54) is 5.56 Å². The van der Waals surface area contributed by atoms with Crippen molar-refractivity contribution in [3.8, 4) is 11.3 Å². The van der Waals surface area contributed by atoms with Gasteiger partial charge in [-0.05, 0) is 44.5 Å². The summed E-state index contributed by atoms with van der Waals surface area (Å²) in [6.45, 7) is 6.22. The van der Waals surface area contributed by atoms with Gasteiger partial charge < -0.3 is 5.32 Å². The number of aryl methyl sites for hydroxylation is 1. The molecule has 94 valence electrons. The van der Waals surface area contributed by atoms with Crippen molar-refractivity contribution >= 4 is 21.7 Å². The fourth-order valence-corrected chi connectivity index (χ4v) is 1.99. The molecule has 0 fully saturated rings. The van der Waals surface area contributed by atoms with Gasteiger partial charge in [-0.3, -0.25) is 0 Å². The van der Waals surface area contributed by atoms with Crippen LogP contribution in [-0.4, -0.2) is 16.2 Å². The summed E-state index contributed by atoms with van der Waals surface area (Å²) in [6.07, 6.45) is 0. The van der Waals surface area contributed by atoms with E-state index in [4.69, 9.17) is 0 Å². The minimum Gasteiger partial charge on any atom is -0.366 e. The van der Waals surface area contributed by atoms with Crippen LogP contribution in [0.3, 0.4) is 0 Å². The SMILES string of the molecule is Cc1ccc(-c2ccc(NC(C)C)nn2)cc1Br. The van der Waals surface area contributed by atoms with Gasteiger partial charge in [-0.1, -0.05) is 28.1 Å². The number of halogens is 1. The molecule has 0 bridgehead atoms. The van der Waals surface area contributed by atoms with Crippen LogP contribution >= 0.6 is 15.9 Å². The maximum Gasteiger partial charge on any atom is 0.148 e. The predicted molar refractivity (Wildman–Crippen MR) is 78.7 cm³/mol. The highest BCUT2D eigenvalue weighted by Crippen LogP contribution is 2.24. The molecule has 1 aromatic carbocycles. The van der Waals surface area contributed by atoms with Gasteiger partial charge in [0.1, 0.15) is 5.82 Å². The normalized spacial score (nSPS) is 10.7. The van der Waals surface area contributed by atoms with Crippen LogP contribution in [0.5, 0.6) is 0 Å². The number of hydrogen-bond acceptors (Lipinski definition) is 3. The Bertz CT molecular complexity index is 535. The molecule has 0 amide bonds. The van der Waals surface area contributed by atoms with Crippen molar-refractivity contribution in [2.24, 2.45) is 0 Å². The first-order chi connectivity index (χ1) is 8.56. The minimum absolute atomic E-state index is 0.360. The van der Waals surface area contributed by atoms with Crippen molar-refractivity contribution in [3.63, 3.8) is 0 Å². The lowest BCUT2D eigenvalue weighted by Gasteiger charge is -2.08. The summed E-state index contributed by atoms with van der Waals surface area (Å²) in [7, 11) is 0. The van der Waals surface area contributed by atoms with Crippen LogP contribution in [0, 0.1) is 6.92 Å². The first kappa shape index (κ1) is 13.0. The monoisotopic (exact) mass is 305 g/mol. The van der Waals surface area contributed by atoms with Crippen molar-refractivity contribution in [1.29, 1.82) is 0 Å². The molecule has 0 aliphatic heterocycles. The van der Waals surface area contributed by atoms with Crippen molar-refractivity contribution in [2.45, 2.75) is 26.8 Å². The smallest absolute Gasteiger partial charge is 0.148 e. The van der Waals surface area contributed by atoms with E-state index in [2.05, 4.69) is 70.4 Å². The molecule has 0 atom stereocenters. The Morgan fingerprint density at radius 3 is 2.44 bits per heavy atom. The second kappa shape index (κ2) is 5.48. The maximum absolute atomic E-state index is 4.24. The molecule has 2 aromatic rings. The average molecular weight is 306 g/mol. The van der Waals surface area contributed by atoms with Crippen LogP contribution in [0.1, 0.15) is 19.4 Å². The summed E-state index contributed by atoms with van der Waals surface area (Å²) in [6, 6.07) is 10.5. The number of anilines is 1. The molecule has 0 saturated carbocycles. The molecule has 1 heterocycles. The highest BCUT2D eigenvalue weighted by molar-refractivity contribution is 9.10. The van der Waals surface area contributed by atoms with Gasteiger partial charge in [0.05, 0.1) is 5.69 Å². The zero-order valence-electron chi connectivity index (χ0n) is 10.7. The van der Waals surface area contributed by atoms with Crippen molar-refractivity contribution in [3.05, 3.63) is 40.4 Å². The molecule has 0 spiro atoms. The standard InChI is InChI=1S/C14H16BrN3/c1-9(2)16-14-7-6-13(17-18-14)11-5-4-10(3)12(15)8-11/h4-9H,1-3H3,(H,16,18). The molecule has 0 saturated heterocycles. The Morgan fingerprint density at radius 2 is 1.89 bits per heavy atom. The molecule has 4 heteroatoms. The molecular formula is C14H16BrN3. The average Bonchev–Trinajstić information content (AvgIpc) is 2.33. The zero-order valence-corrected chi connectivity index (χ0v) is 12.3.